The zero-order valence-electron chi connectivity index (χ0n) is 16.6. The van der Waals surface area contributed by atoms with Crippen LogP contribution in [0.4, 0.5) is 18.9 Å². The maximum absolute atomic E-state index is 13.8. The average Bonchev–Trinajstić information content (AvgIpc) is 2.71. The molecule has 2 N–H and O–H groups in total. The van der Waals surface area contributed by atoms with Crippen molar-refractivity contribution in [2.45, 2.75) is 25.3 Å². The minimum absolute atomic E-state index is 0.254. The first-order valence-corrected chi connectivity index (χ1v) is 9.97. The summed E-state index contributed by atoms with van der Waals surface area (Å²) in [6.07, 6.45) is 3.04. The van der Waals surface area contributed by atoms with Gasteiger partial charge in [0, 0.05) is 29.6 Å². The Hall–Kier alpha value is -2.87. The molecule has 2 aromatic carbocycles. The van der Waals surface area contributed by atoms with E-state index in [1.54, 1.807) is 0 Å². The van der Waals surface area contributed by atoms with Crippen LogP contribution in [0.15, 0.2) is 41.2 Å². The molecular weight excluding hydrogens is 393 g/mol. The van der Waals surface area contributed by atoms with E-state index in [0.717, 1.165) is 49.5 Å². The van der Waals surface area contributed by atoms with Gasteiger partial charge in [0.2, 0.25) is 0 Å². The summed E-state index contributed by atoms with van der Waals surface area (Å²) in [5.74, 6) is -0.909. The Kier molecular flexibility index (Phi) is 5.76. The number of rotatable bonds is 1. The molecule has 30 heavy (non-hydrogen) atoms. The smallest absolute Gasteiger partial charge is 0.272 e. The number of likely N-dealkylation sites (tertiary alicyclic amines) is 1. The fraction of sp³-hybridized carbons (Fsp3) is 0.364. The second kappa shape index (κ2) is 8.47. The molecular formula is C22H23F3N4O. The molecule has 3 heterocycles. The second-order valence-corrected chi connectivity index (χ2v) is 7.91. The predicted molar refractivity (Wildman–Crippen MR) is 110 cm³/mol. The lowest BCUT2D eigenvalue weighted by atomic mass is 9.84. The van der Waals surface area contributed by atoms with Gasteiger partial charge in [-0.3, -0.25) is 4.79 Å². The van der Waals surface area contributed by atoms with Crippen molar-refractivity contribution < 1.29 is 13.2 Å². The van der Waals surface area contributed by atoms with Gasteiger partial charge in [-0.2, -0.15) is 5.10 Å². The lowest BCUT2D eigenvalue weighted by Crippen LogP contribution is -2.41. The molecule has 0 radical (unpaired) electrons. The number of aromatic amines is 1. The summed E-state index contributed by atoms with van der Waals surface area (Å²) >= 11 is 0. The first-order valence-electron chi connectivity index (χ1n) is 9.97. The highest BCUT2D eigenvalue weighted by molar-refractivity contribution is 5.96. The first kappa shape index (κ1) is 20.4. The van der Waals surface area contributed by atoms with E-state index in [4.69, 9.17) is 0 Å². The summed E-state index contributed by atoms with van der Waals surface area (Å²) in [7, 11) is 2.14. The number of aromatic nitrogens is 2. The van der Waals surface area contributed by atoms with Crippen molar-refractivity contribution in [1.82, 2.24) is 15.1 Å². The number of anilines is 1. The molecule has 0 spiro atoms. The van der Waals surface area contributed by atoms with E-state index in [2.05, 4.69) is 27.5 Å². The standard InChI is InChI=1S/C16H19FN4O.C6H4F2/c1-21-4-2-9(3-5-21)12-8-14-15-11(16(22)20-19-14)6-10(17)7-13(15)18-12;7-5-2-1-3-6(8)4-5/h6-7,9,12,18H,2-5,8H2,1H3,(H,20,22);1-4H. The minimum Gasteiger partial charge on any atom is -0.381 e. The molecule has 0 bridgehead atoms. The van der Waals surface area contributed by atoms with Gasteiger partial charge in [0.25, 0.3) is 5.56 Å². The fourth-order valence-electron chi connectivity index (χ4n) is 4.23. The molecule has 1 unspecified atom stereocenters. The van der Waals surface area contributed by atoms with Gasteiger partial charge >= 0.3 is 0 Å². The minimum atomic E-state index is -0.537. The number of nitrogens with one attached hydrogen (secondary N) is 2. The van der Waals surface area contributed by atoms with Crippen LogP contribution in [0.1, 0.15) is 18.5 Å². The second-order valence-electron chi connectivity index (χ2n) is 7.91. The maximum atomic E-state index is 13.8. The number of piperidine rings is 1. The number of H-pyrrole nitrogens is 1. The zero-order valence-corrected chi connectivity index (χ0v) is 16.6. The van der Waals surface area contributed by atoms with Crippen LogP contribution in [0.5, 0.6) is 0 Å². The van der Waals surface area contributed by atoms with Gasteiger partial charge in [-0.25, -0.2) is 18.3 Å². The Bertz CT molecular complexity index is 1090. The molecule has 5 nitrogen and oxygen atoms in total. The third-order valence-corrected chi connectivity index (χ3v) is 5.80. The van der Waals surface area contributed by atoms with E-state index in [9.17, 15) is 18.0 Å². The Balaban J connectivity index is 0.000000230. The lowest BCUT2D eigenvalue weighted by Gasteiger charge is -2.37. The van der Waals surface area contributed by atoms with Crippen LogP contribution >= 0.6 is 0 Å². The van der Waals surface area contributed by atoms with Crippen LogP contribution in [0.2, 0.25) is 0 Å². The molecule has 1 aromatic heterocycles. The Morgan fingerprint density at radius 3 is 2.37 bits per heavy atom. The van der Waals surface area contributed by atoms with E-state index in [1.165, 1.54) is 30.3 Å². The Morgan fingerprint density at radius 2 is 1.73 bits per heavy atom. The quantitative estimate of drug-likeness (QED) is 0.635. The van der Waals surface area contributed by atoms with Crippen molar-refractivity contribution in [2.24, 2.45) is 5.92 Å². The van der Waals surface area contributed by atoms with Gasteiger partial charge in [-0.1, -0.05) is 6.07 Å². The van der Waals surface area contributed by atoms with Crippen LogP contribution in [0.25, 0.3) is 10.8 Å². The number of benzene rings is 2. The largest absolute Gasteiger partial charge is 0.381 e. The molecule has 0 aliphatic carbocycles. The summed E-state index contributed by atoms with van der Waals surface area (Å²) in [6.45, 7) is 2.18. The third-order valence-electron chi connectivity index (χ3n) is 5.80. The lowest BCUT2D eigenvalue weighted by molar-refractivity contribution is 0.203. The molecule has 3 aromatic rings. The topological polar surface area (TPSA) is 61.0 Å². The SMILES string of the molecule is CN1CCC(C2Cc3n[nH]c(=O)c4cc(F)cc(c34)N2)CC1.Fc1cccc(F)c1. The predicted octanol–water partition coefficient (Wildman–Crippen LogP) is 3.71. The highest BCUT2D eigenvalue weighted by Crippen LogP contribution is 2.34. The van der Waals surface area contributed by atoms with Gasteiger partial charge in [-0.15, -0.1) is 0 Å². The monoisotopic (exact) mass is 416 g/mol. The van der Waals surface area contributed by atoms with E-state index >= 15 is 0 Å². The van der Waals surface area contributed by atoms with E-state index in [0.29, 0.717) is 17.0 Å². The summed E-state index contributed by atoms with van der Waals surface area (Å²) < 4.78 is 37.7. The molecule has 2 aliphatic rings. The van der Waals surface area contributed by atoms with Gasteiger partial charge in [-0.05, 0) is 63.2 Å². The van der Waals surface area contributed by atoms with Crippen LogP contribution in [0, 0.1) is 23.4 Å². The van der Waals surface area contributed by atoms with Crippen molar-refractivity contribution >= 4 is 16.5 Å². The van der Waals surface area contributed by atoms with Gasteiger partial charge in [0.05, 0.1) is 11.1 Å². The summed E-state index contributed by atoms with van der Waals surface area (Å²) in [5, 5.41) is 11.3. The Morgan fingerprint density at radius 1 is 1.03 bits per heavy atom. The van der Waals surface area contributed by atoms with Crippen molar-refractivity contribution in [3.8, 4) is 0 Å². The number of nitrogens with zero attached hydrogens (tertiary/aromatic N) is 2. The third kappa shape index (κ3) is 4.33. The van der Waals surface area contributed by atoms with Crippen LogP contribution in [-0.4, -0.2) is 41.3 Å². The first-order chi connectivity index (χ1) is 14.4. The summed E-state index contributed by atoms with van der Waals surface area (Å²) in [6, 6.07) is 7.58. The van der Waals surface area contributed by atoms with Crippen LogP contribution in [-0.2, 0) is 6.42 Å². The molecule has 5 rings (SSSR count). The van der Waals surface area contributed by atoms with E-state index in [1.807, 2.05) is 0 Å². The number of hydrogen-bond acceptors (Lipinski definition) is 4. The molecule has 8 heteroatoms. The molecule has 0 saturated carbocycles. The normalized spacial score (nSPS) is 19.1. The van der Waals surface area contributed by atoms with Crippen LogP contribution < -0.4 is 10.9 Å². The Labute approximate surface area is 171 Å². The highest BCUT2D eigenvalue weighted by atomic mass is 19.1. The zero-order chi connectivity index (χ0) is 21.3. The van der Waals surface area contributed by atoms with Gasteiger partial charge < -0.3 is 10.2 Å². The van der Waals surface area contributed by atoms with E-state index in [-0.39, 0.29) is 17.4 Å². The van der Waals surface area contributed by atoms with Gasteiger partial charge in [0.1, 0.15) is 17.5 Å². The molecule has 158 valence electrons. The molecule has 1 saturated heterocycles. The van der Waals surface area contributed by atoms with Crippen molar-refractivity contribution in [2.75, 3.05) is 25.5 Å². The molecule has 2 aliphatic heterocycles. The van der Waals surface area contributed by atoms with Crippen LogP contribution in [0.3, 0.4) is 0 Å². The number of halogens is 3. The summed E-state index contributed by atoms with van der Waals surface area (Å²) in [5.41, 5.74) is 1.24. The average molecular weight is 416 g/mol. The highest BCUT2D eigenvalue weighted by Gasteiger charge is 2.30. The van der Waals surface area contributed by atoms with E-state index < -0.39 is 11.6 Å². The molecule has 0 amide bonds. The summed E-state index contributed by atoms with van der Waals surface area (Å²) in [4.78, 5) is 14.2. The fourth-order valence-corrected chi connectivity index (χ4v) is 4.23. The number of hydrogen-bond donors (Lipinski definition) is 2. The maximum Gasteiger partial charge on any atom is 0.272 e. The van der Waals surface area contributed by atoms with Gasteiger partial charge in [0.15, 0.2) is 0 Å². The molecule has 1 atom stereocenters. The molecule has 1 fully saturated rings. The van der Waals surface area contributed by atoms with Crippen molar-refractivity contribution in [3.63, 3.8) is 0 Å². The van der Waals surface area contributed by atoms with Crippen molar-refractivity contribution in [1.29, 1.82) is 0 Å². The van der Waals surface area contributed by atoms with Crippen molar-refractivity contribution in [3.05, 3.63) is 69.9 Å².